The van der Waals surface area contributed by atoms with Crippen molar-refractivity contribution >= 4 is 34.3 Å². The Balaban J connectivity index is 1.62. The number of aromatic nitrogens is 3. The molecule has 1 aromatic carbocycles. The fraction of sp³-hybridized carbons (Fsp3) is 0.368. The molecule has 0 unspecified atom stereocenters. The maximum Gasteiger partial charge on any atom is 0.274 e. The Hall–Kier alpha value is -2.83. The van der Waals surface area contributed by atoms with E-state index in [1.807, 2.05) is 0 Å². The van der Waals surface area contributed by atoms with Crippen LogP contribution in [-0.4, -0.2) is 48.5 Å². The van der Waals surface area contributed by atoms with Gasteiger partial charge in [0.25, 0.3) is 5.69 Å². The van der Waals surface area contributed by atoms with Crippen molar-refractivity contribution in [1.82, 2.24) is 14.5 Å². The summed E-state index contributed by atoms with van der Waals surface area (Å²) >= 11 is 6.32. The quantitative estimate of drug-likeness (QED) is 0.278. The number of nitro groups is 1. The molecule has 1 saturated heterocycles. The second kappa shape index (κ2) is 8.73. The molecule has 1 aliphatic rings. The van der Waals surface area contributed by atoms with Gasteiger partial charge in [-0.1, -0.05) is 23.7 Å². The van der Waals surface area contributed by atoms with Crippen LogP contribution in [0.15, 0.2) is 30.5 Å². The van der Waals surface area contributed by atoms with Crippen LogP contribution >= 0.6 is 11.6 Å². The summed E-state index contributed by atoms with van der Waals surface area (Å²) in [6.07, 6.45) is -0.186. The zero-order chi connectivity index (χ0) is 22.1. The molecule has 1 fully saturated rings. The highest BCUT2D eigenvalue weighted by atomic mass is 35.5. The first-order chi connectivity index (χ1) is 14.9. The molecular weight excluding hydrogens is 430 g/mol. The smallest absolute Gasteiger partial charge is 0.274 e. The van der Waals surface area contributed by atoms with Crippen molar-refractivity contribution in [3.05, 3.63) is 56.9 Å². The molecule has 4 N–H and O–H groups in total. The van der Waals surface area contributed by atoms with Crippen molar-refractivity contribution in [3.8, 4) is 0 Å². The summed E-state index contributed by atoms with van der Waals surface area (Å²) in [4.78, 5) is 19.0. The van der Waals surface area contributed by atoms with E-state index in [9.17, 15) is 20.3 Å². The van der Waals surface area contributed by atoms with Crippen LogP contribution in [0.4, 0.5) is 11.6 Å². The van der Waals surface area contributed by atoms with Gasteiger partial charge in [-0.3, -0.25) is 10.1 Å². The van der Waals surface area contributed by atoms with E-state index in [4.69, 9.17) is 26.8 Å². The van der Waals surface area contributed by atoms with E-state index < -0.39 is 23.4 Å². The monoisotopic (exact) mass is 449 g/mol. The number of anilines is 1. The van der Waals surface area contributed by atoms with E-state index >= 15 is 0 Å². The van der Waals surface area contributed by atoms with E-state index in [2.05, 4.69) is 9.97 Å². The first kappa shape index (κ1) is 21.4. The number of fused-ring (bicyclic) bond motifs is 1. The van der Waals surface area contributed by atoms with Crippen LogP contribution in [0.25, 0.3) is 11.0 Å². The van der Waals surface area contributed by atoms with Gasteiger partial charge >= 0.3 is 0 Å². The van der Waals surface area contributed by atoms with Gasteiger partial charge < -0.3 is 30.0 Å². The van der Waals surface area contributed by atoms with E-state index in [1.165, 1.54) is 6.07 Å². The maximum atomic E-state index is 11.2. The van der Waals surface area contributed by atoms with Gasteiger partial charge in [-0.2, -0.15) is 4.98 Å². The average Bonchev–Trinajstić information content (AvgIpc) is 3.28. The molecular formula is C19H20ClN5O6. The first-order valence-corrected chi connectivity index (χ1v) is 9.83. The number of nitrogens with two attached hydrogens (primary N) is 1. The molecule has 0 amide bonds. The topological polar surface area (TPSA) is 159 Å². The molecule has 0 radical (unpaired) electrons. The number of rotatable bonds is 7. The minimum atomic E-state index is -0.833. The number of halogens is 1. The Labute approximate surface area is 181 Å². The highest BCUT2D eigenvalue weighted by Crippen LogP contribution is 2.35. The van der Waals surface area contributed by atoms with Crippen LogP contribution in [-0.2, 0) is 22.7 Å². The van der Waals surface area contributed by atoms with Crippen LogP contribution in [0.2, 0.25) is 5.15 Å². The SMILES string of the molecule is Nc1nc(Cl)c2c(COCc3ccccc3[N+](=O)[O-])cn([C@H]3C[C@@H](O)[C@@H](CO)O3)c2n1. The number of hydrogen-bond donors (Lipinski definition) is 3. The fourth-order valence-electron chi connectivity index (χ4n) is 3.66. The number of para-hydroxylation sites is 1. The normalized spacial score (nSPS) is 21.1. The maximum absolute atomic E-state index is 11.2. The van der Waals surface area contributed by atoms with Gasteiger partial charge in [0.05, 0.1) is 41.8 Å². The van der Waals surface area contributed by atoms with Crippen molar-refractivity contribution < 1.29 is 24.6 Å². The van der Waals surface area contributed by atoms with E-state index in [0.29, 0.717) is 22.2 Å². The molecule has 0 spiro atoms. The standard InChI is InChI=1S/C19H20ClN5O6/c20-17-16-11(9-30-8-10-3-1-2-4-12(10)25(28)29)6-24(18(16)23-19(21)22-17)15-5-13(27)14(7-26)31-15/h1-4,6,13-15,26-27H,5,7-9H2,(H2,21,22,23)/t13-,14-,15-/m1/s1. The predicted octanol–water partition coefficient (Wildman–Crippen LogP) is 1.93. The molecule has 0 saturated carbocycles. The molecule has 2 aromatic heterocycles. The zero-order valence-electron chi connectivity index (χ0n) is 16.2. The third-order valence-electron chi connectivity index (χ3n) is 5.12. The second-order valence-electron chi connectivity index (χ2n) is 7.13. The average molecular weight is 450 g/mol. The summed E-state index contributed by atoms with van der Waals surface area (Å²) < 4.78 is 13.1. The third-order valence-corrected chi connectivity index (χ3v) is 5.39. The fourth-order valence-corrected chi connectivity index (χ4v) is 3.95. The molecule has 3 heterocycles. The van der Waals surface area contributed by atoms with Gasteiger partial charge in [-0.05, 0) is 6.07 Å². The van der Waals surface area contributed by atoms with Crippen molar-refractivity contribution in [3.63, 3.8) is 0 Å². The Morgan fingerprint density at radius 3 is 2.77 bits per heavy atom. The molecule has 31 heavy (non-hydrogen) atoms. The molecule has 0 bridgehead atoms. The van der Waals surface area contributed by atoms with Crippen LogP contribution in [0, 0.1) is 10.1 Å². The first-order valence-electron chi connectivity index (χ1n) is 9.46. The number of benzene rings is 1. The van der Waals surface area contributed by atoms with E-state index in [1.54, 1.807) is 29.0 Å². The van der Waals surface area contributed by atoms with Crippen LogP contribution < -0.4 is 5.73 Å². The van der Waals surface area contributed by atoms with Gasteiger partial charge in [0.15, 0.2) is 0 Å². The molecule has 0 aliphatic carbocycles. The second-order valence-corrected chi connectivity index (χ2v) is 7.48. The van der Waals surface area contributed by atoms with Crippen LogP contribution in [0.5, 0.6) is 0 Å². The summed E-state index contributed by atoms with van der Waals surface area (Å²) in [5.41, 5.74) is 7.20. The number of nitro benzene ring substituents is 1. The largest absolute Gasteiger partial charge is 0.394 e. The summed E-state index contributed by atoms with van der Waals surface area (Å²) in [5.74, 6) is -0.0264. The molecule has 3 aromatic rings. The summed E-state index contributed by atoms with van der Waals surface area (Å²) in [6, 6.07) is 6.33. The van der Waals surface area contributed by atoms with E-state index in [0.717, 1.165) is 0 Å². The number of nitrogen functional groups attached to an aromatic ring is 1. The lowest BCUT2D eigenvalue weighted by atomic mass is 10.2. The van der Waals surface area contributed by atoms with Crippen molar-refractivity contribution in [1.29, 1.82) is 0 Å². The van der Waals surface area contributed by atoms with Crippen molar-refractivity contribution in [2.45, 2.75) is 38.1 Å². The molecule has 11 nitrogen and oxygen atoms in total. The Bertz CT molecular complexity index is 1120. The third kappa shape index (κ3) is 4.18. The predicted molar refractivity (Wildman–Crippen MR) is 110 cm³/mol. The molecule has 3 atom stereocenters. The van der Waals surface area contributed by atoms with Gasteiger partial charge in [-0.15, -0.1) is 0 Å². The minimum absolute atomic E-state index is 0.0164. The van der Waals surface area contributed by atoms with Gasteiger partial charge in [0.1, 0.15) is 23.1 Å². The Morgan fingerprint density at radius 1 is 1.32 bits per heavy atom. The Kier molecular flexibility index (Phi) is 6.03. The lowest BCUT2D eigenvalue weighted by molar-refractivity contribution is -0.386. The number of ether oxygens (including phenoxy) is 2. The zero-order valence-corrected chi connectivity index (χ0v) is 17.0. The van der Waals surface area contributed by atoms with Crippen molar-refractivity contribution in [2.75, 3.05) is 12.3 Å². The number of aliphatic hydroxyl groups excluding tert-OH is 2. The van der Waals surface area contributed by atoms with Crippen LogP contribution in [0.3, 0.4) is 0 Å². The highest BCUT2D eigenvalue weighted by molar-refractivity contribution is 6.34. The number of nitrogens with zero attached hydrogens (tertiary/aromatic N) is 4. The van der Waals surface area contributed by atoms with Gasteiger partial charge in [0.2, 0.25) is 5.95 Å². The summed E-state index contributed by atoms with van der Waals surface area (Å²) in [5, 5.41) is 31.3. The van der Waals surface area contributed by atoms with Crippen LogP contribution in [0.1, 0.15) is 23.8 Å². The van der Waals surface area contributed by atoms with E-state index in [-0.39, 0.29) is 43.0 Å². The molecule has 164 valence electrons. The molecule has 4 rings (SSSR count). The molecule has 1 aliphatic heterocycles. The number of hydrogen-bond acceptors (Lipinski definition) is 9. The summed E-state index contributed by atoms with van der Waals surface area (Å²) in [6.45, 7) is -0.232. The number of aliphatic hydroxyl groups is 2. The van der Waals surface area contributed by atoms with Gasteiger partial charge in [0, 0.05) is 24.2 Å². The molecule has 12 heteroatoms. The highest BCUT2D eigenvalue weighted by Gasteiger charge is 2.35. The Morgan fingerprint density at radius 2 is 2.06 bits per heavy atom. The summed E-state index contributed by atoms with van der Waals surface area (Å²) in [7, 11) is 0. The minimum Gasteiger partial charge on any atom is -0.394 e. The lowest BCUT2D eigenvalue weighted by Gasteiger charge is -2.14. The van der Waals surface area contributed by atoms with Gasteiger partial charge in [-0.25, -0.2) is 4.98 Å². The lowest BCUT2D eigenvalue weighted by Crippen LogP contribution is -2.24. The van der Waals surface area contributed by atoms with Crippen molar-refractivity contribution in [2.24, 2.45) is 0 Å².